The van der Waals surface area contributed by atoms with Crippen LogP contribution in [0.5, 0.6) is 0 Å². The number of nitro groups is 1. The number of fused-ring (bicyclic) bond motifs is 1. The Labute approximate surface area is 154 Å². The molecule has 1 amide bonds. The molecule has 0 unspecified atom stereocenters. The first-order valence-electron chi connectivity index (χ1n) is 8.48. The molecule has 0 radical (unpaired) electrons. The van der Waals surface area contributed by atoms with Gasteiger partial charge in [-0.25, -0.2) is 9.18 Å². The number of ether oxygens (including phenoxy) is 1. The molecule has 3 rings (SSSR count). The molecule has 1 aliphatic rings. The highest BCUT2D eigenvalue weighted by molar-refractivity contribution is 6.08. The maximum absolute atomic E-state index is 14.3. The van der Waals surface area contributed by atoms with E-state index in [0.717, 1.165) is 12.1 Å². The summed E-state index contributed by atoms with van der Waals surface area (Å²) in [6.45, 7) is 1.98. The number of aryl methyl sites for hydroxylation is 1. The molecule has 0 N–H and O–H groups in total. The molecule has 0 saturated heterocycles. The molecule has 27 heavy (non-hydrogen) atoms. The zero-order valence-electron chi connectivity index (χ0n) is 14.6. The molecule has 2 aromatic carbocycles. The van der Waals surface area contributed by atoms with Crippen LogP contribution in [0.25, 0.3) is 0 Å². The zero-order chi connectivity index (χ0) is 19.6. The Bertz CT molecular complexity index is 928. The van der Waals surface area contributed by atoms with Gasteiger partial charge in [-0.1, -0.05) is 12.1 Å². The first-order valence-corrected chi connectivity index (χ1v) is 8.48. The van der Waals surface area contributed by atoms with Crippen LogP contribution in [-0.4, -0.2) is 30.0 Å². The summed E-state index contributed by atoms with van der Waals surface area (Å²) < 4.78 is 19.2. The highest BCUT2D eigenvalue weighted by Crippen LogP contribution is 2.31. The summed E-state index contributed by atoms with van der Waals surface area (Å²) >= 11 is 0. The number of nitro benzene ring substituents is 1. The van der Waals surface area contributed by atoms with Gasteiger partial charge in [-0.05, 0) is 37.5 Å². The summed E-state index contributed by atoms with van der Waals surface area (Å²) in [6.07, 6.45) is 1.28. The van der Waals surface area contributed by atoms with E-state index in [4.69, 9.17) is 4.74 Å². The molecular weight excluding hydrogens is 355 g/mol. The van der Waals surface area contributed by atoms with E-state index in [1.165, 1.54) is 17.0 Å². The van der Waals surface area contributed by atoms with Crippen LogP contribution in [0.3, 0.4) is 0 Å². The third-order valence-corrected chi connectivity index (χ3v) is 4.30. The third kappa shape index (κ3) is 3.64. The minimum atomic E-state index is -0.763. The molecule has 1 aliphatic heterocycles. The molecule has 8 heteroatoms. The number of benzene rings is 2. The van der Waals surface area contributed by atoms with Crippen LogP contribution in [0.15, 0.2) is 36.4 Å². The number of anilines is 1. The number of nitrogens with zero attached hydrogens (tertiary/aromatic N) is 2. The van der Waals surface area contributed by atoms with Gasteiger partial charge < -0.3 is 9.64 Å². The second-order valence-electron chi connectivity index (χ2n) is 6.05. The molecule has 0 atom stereocenters. The minimum absolute atomic E-state index is 0.0663. The Kier molecular flexibility index (Phi) is 5.16. The van der Waals surface area contributed by atoms with E-state index in [1.54, 1.807) is 19.1 Å². The first-order chi connectivity index (χ1) is 12.9. The Balaban J connectivity index is 2.05. The second kappa shape index (κ2) is 7.53. The number of carbonyl (C=O) groups is 2. The molecule has 0 spiro atoms. The van der Waals surface area contributed by atoms with E-state index in [1.807, 2.05) is 0 Å². The van der Waals surface area contributed by atoms with E-state index >= 15 is 0 Å². The monoisotopic (exact) mass is 372 g/mol. The average Bonchev–Trinajstić information content (AvgIpc) is 2.67. The molecule has 0 bridgehead atoms. The van der Waals surface area contributed by atoms with Crippen LogP contribution in [0.1, 0.15) is 39.6 Å². The topological polar surface area (TPSA) is 89.8 Å². The Hall–Kier alpha value is -3.29. The van der Waals surface area contributed by atoms with Gasteiger partial charge in [0.15, 0.2) is 0 Å². The largest absolute Gasteiger partial charge is 0.462 e. The lowest BCUT2D eigenvalue weighted by Crippen LogP contribution is -2.36. The molecule has 0 aliphatic carbocycles. The van der Waals surface area contributed by atoms with Crippen molar-refractivity contribution in [3.63, 3.8) is 0 Å². The normalized spacial score (nSPS) is 13.0. The van der Waals surface area contributed by atoms with Gasteiger partial charge in [-0.2, -0.15) is 0 Å². The van der Waals surface area contributed by atoms with Crippen molar-refractivity contribution < 1.29 is 23.6 Å². The van der Waals surface area contributed by atoms with Gasteiger partial charge in [0.25, 0.3) is 11.6 Å². The number of rotatable bonds is 4. The Morgan fingerprint density at radius 3 is 2.70 bits per heavy atom. The van der Waals surface area contributed by atoms with Crippen molar-refractivity contribution >= 4 is 23.3 Å². The molecule has 0 saturated carbocycles. The minimum Gasteiger partial charge on any atom is -0.462 e. The summed E-state index contributed by atoms with van der Waals surface area (Å²) in [5.74, 6) is -1.90. The van der Waals surface area contributed by atoms with Crippen molar-refractivity contribution in [3.05, 3.63) is 69.0 Å². The van der Waals surface area contributed by atoms with Gasteiger partial charge in [0.1, 0.15) is 5.82 Å². The van der Waals surface area contributed by atoms with E-state index in [-0.39, 0.29) is 30.0 Å². The third-order valence-electron chi connectivity index (χ3n) is 4.30. The summed E-state index contributed by atoms with van der Waals surface area (Å²) in [4.78, 5) is 36.8. The molecule has 1 heterocycles. The Morgan fingerprint density at radius 2 is 2.00 bits per heavy atom. The number of carbonyl (C=O) groups excluding carboxylic acids is 2. The lowest BCUT2D eigenvalue weighted by atomic mass is 9.99. The quantitative estimate of drug-likeness (QED) is 0.465. The molecule has 140 valence electrons. The van der Waals surface area contributed by atoms with Crippen molar-refractivity contribution in [1.82, 2.24) is 0 Å². The number of para-hydroxylation sites is 1. The molecular formula is C19H17FN2O5. The molecule has 0 aromatic heterocycles. The van der Waals surface area contributed by atoms with Crippen molar-refractivity contribution in [2.45, 2.75) is 19.8 Å². The smallest absolute Gasteiger partial charge is 0.338 e. The number of halogens is 1. The van der Waals surface area contributed by atoms with Gasteiger partial charge in [-0.3, -0.25) is 14.9 Å². The average molecular weight is 372 g/mol. The summed E-state index contributed by atoms with van der Waals surface area (Å²) in [5.41, 5.74) is 0.307. The van der Waals surface area contributed by atoms with E-state index in [2.05, 4.69) is 0 Å². The number of hydrogen-bond acceptors (Lipinski definition) is 5. The maximum atomic E-state index is 14.3. The van der Waals surface area contributed by atoms with Crippen LogP contribution >= 0.6 is 0 Å². The van der Waals surface area contributed by atoms with Crippen molar-refractivity contribution in [3.8, 4) is 0 Å². The van der Waals surface area contributed by atoms with Crippen molar-refractivity contribution in [2.75, 3.05) is 18.1 Å². The van der Waals surface area contributed by atoms with Crippen molar-refractivity contribution in [2.24, 2.45) is 0 Å². The van der Waals surface area contributed by atoms with Gasteiger partial charge in [0.05, 0.1) is 22.8 Å². The maximum Gasteiger partial charge on any atom is 0.338 e. The SMILES string of the molecule is CCOC(=O)c1cc(C(=O)N2CCCc3cccc(F)c32)cc([N+](=O)[O-])c1. The second-order valence-corrected chi connectivity index (χ2v) is 6.05. The molecule has 2 aromatic rings. The molecule has 0 fully saturated rings. The number of esters is 1. The van der Waals surface area contributed by atoms with Gasteiger partial charge in [0, 0.05) is 24.2 Å². The first kappa shape index (κ1) is 18.5. The highest BCUT2D eigenvalue weighted by atomic mass is 19.1. The van der Waals surface area contributed by atoms with Crippen LogP contribution in [0, 0.1) is 15.9 Å². The standard InChI is InChI=1S/C19H17FN2O5/c1-2-27-19(24)14-9-13(10-15(11-14)22(25)26)18(23)21-8-4-6-12-5-3-7-16(20)17(12)21/h3,5,7,9-11H,2,4,6,8H2,1H3. The van der Waals surface area contributed by atoms with Gasteiger partial charge in [-0.15, -0.1) is 0 Å². The fourth-order valence-electron chi connectivity index (χ4n) is 3.13. The summed E-state index contributed by atoms with van der Waals surface area (Å²) in [6, 6.07) is 7.97. The summed E-state index contributed by atoms with van der Waals surface area (Å²) in [5, 5.41) is 11.2. The zero-order valence-corrected chi connectivity index (χ0v) is 14.6. The van der Waals surface area contributed by atoms with Crippen LogP contribution < -0.4 is 4.90 Å². The van der Waals surface area contributed by atoms with Gasteiger partial charge in [0.2, 0.25) is 0 Å². The van der Waals surface area contributed by atoms with E-state index in [9.17, 15) is 24.1 Å². The van der Waals surface area contributed by atoms with E-state index in [0.29, 0.717) is 18.4 Å². The van der Waals surface area contributed by atoms with E-state index < -0.39 is 28.3 Å². The lowest BCUT2D eigenvalue weighted by Gasteiger charge is -2.30. The fourth-order valence-corrected chi connectivity index (χ4v) is 3.13. The van der Waals surface area contributed by atoms with Crippen LogP contribution in [0.2, 0.25) is 0 Å². The Morgan fingerprint density at radius 1 is 1.26 bits per heavy atom. The van der Waals surface area contributed by atoms with Gasteiger partial charge >= 0.3 is 5.97 Å². The fraction of sp³-hybridized carbons (Fsp3) is 0.263. The lowest BCUT2D eigenvalue weighted by molar-refractivity contribution is -0.384. The van der Waals surface area contributed by atoms with Crippen LogP contribution in [-0.2, 0) is 11.2 Å². The van der Waals surface area contributed by atoms with Crippen molar-refractivity contribution in [1.29, 1.82) is 0 Å². The number of amides is 1. The predicted octanol–water partition coefficient (Wildman–Crippen LogP) is 3.50. The van der Waals surface area contributed by atoms with Crippen LogP contribution in [0.4, 0.5) is 15.8 Å². The number of hydrogen-bond donors (Lipinski definition) is 0. The summed E-state index contributed by atoms with van der Waals surface area (Å²) in [7, 11) is 0. The predicted molar refractivity (Wildman–Crippen MR) is 95.5 cm³/mol. The highest BCUT2D eigenvalue weighted by Gasteiger charge is 2.28. The molecule has 7 nitrogen and oxygen atoms in total. The number of non-ortho nitro benzene ring substituents is 1.